The second-order valence-electron chi connectivity index (χ2n) is 5.91. The summed E-state index contributed by atoms with van der Waals surface area (Å²) >= 11 is 0. The fourth-order valence-corrected chi connectivity index (χ4v) is 3.22. The summed E-state index contributed by atoms with van der Waals surface area (Å²) in [5.74, 6) is -1.34. The predicted octanol–water partition coefficient (Wildman–Crippen LogP) is 1.14. The van der Waals surface area contributed by atoms with Crippen LogP contribution in [0.4, 0.5) is 0 Å². The molecule has 7 nitrogen and oxygen atoms in total. The number of carbonyl (C=O) groups is 2. The maximum atomic E-state index is 12.0. The molecule has 0 aliphatic rings. The van der Waals surface area contributed by atoms with Crippen molar-refractivity contribution in [3.8, 4) is 0 Å². The molecule has 0 heterocycles. The normalized spacial score (nSPS) is 12.8. The third-order valence-corrected chi connectivity index (χ3v) is 4.83. The van der Waals surface area contributed by atoms with E-state index in [9.17, 15) is 18.0 Å². The highest BCUT2D eigenvalue weighted by Gasteiger charge is 2.21. The van der Waals surface area contributed by atoms with Crippen LogP contribution in [0.25, 0.3) is 0 Å². The van der Waals surface area contributed by atoms with Gasteiger partial charge < -0.3 is 10.4 Å². The number of carbonyl (C=O) groups excluding carboxylic acids is 1. The average Bonchev–Trinajstić information content (AvgIpc) is 2.46. The van der Waals surface area contributed by atoms with E-state index in [0.29, 0.717) is 18.5 Å². The molecule has 0 aromatic heterocycles. The molecule has 3 N–H and O–H groups in total. The first-order chi connectivity index (χ1) is 11.2. The van der Waals surface area contributed by atoms with Crippen LogP contribution in [0.15, 0.2) is 29.2 Å². The van der Waals surface area contributed by atoms with Crippen LogP contribution in [-0.2, 0) is 26.0 Å². The van der Waals surface area contributed by atoms with E-state index < -0.39 is 27.9 Å². The van der Waals surface area contributed by atoms with Gasteiger partial charge in [-0.05, 0) is 30.0 Å². The molecule has 0 saturated heterocycles. The maximum absolute atomic E-state index is 12.0. The van der Waals surface area contributed by atoms with Gasteiger partial charge >= 0.3 is 5.97 Å². The number of sulfonamides is 1. The van der Waals surface area contributed by atoms with Gasteiger partial charge in [-0.3, -0.25) is 4.79 Å². The van der Waals surface area contributed by atoms with Crippen molar-refractivity contribution in [3.05, 3.63) is 29.8 Å². The largest absolute Gasteiger partial charge is 0.480 e. The van der Waals surface area contributed by atoms with Gasteiger partial charge in [0.15, 0.2) is 0 Å². The summed E-state index contributed by atoms with van der Waals surface area (Å²) in [5, 5.41) is 11.6. The summed E-state index contributed by atoms with van der Waals surface area (Å²) in [6.07, 6.45) is 0.338. The van der Waals surface area contributed by atoms with Gasteiger partial charge in [0.1, 0.15) is 6.04 Å². The van der Waals surface area contributed by atoms with Crippen molar-refractivity contribution in [2.45, 2.75) is 44.6 Å². The molecule has 1 rings (SSSR count). The zero-order valence-corrected chi connectivity index (χ0v) is 14.9. The summed E-state index contributed by atoms with van der Waals surface area (Å²) in [5.41, 5.74) is 0.608. The van der Waals surface area contributed by atoms with Crippen LogP contribution in [0.3, 0.4) is 0 Å². The summed E-state index contributed by atoms with van der Waals surface area (Å²) in [6, 6.07) is 5.00. The number of carboxylic acids is 1. The number of nitrogens with one attached hydrogen (secondary N) is 2. The molecule has 1 aromatic rings. The first kappa shape index (κ1) is 20.1. The second-order valence-corrected chi connectivity index (χ2v) is 7.68. The Morgan fingerprint density at radius 2 is 1.75 bits per heavy atom. The molecule has 0 fully saturated rings. The Kier molecular flexibility index (Phi) is 7.37. The molecule has 24 heavy (non-hydrogen) atoms. The van der Waals surface area contributed by atoms with Crippen LogP contribution in [0.2, 0.25) is 0 Å². The molecule has 0 unspecified atom stereocenters. The van der Waals surface area contributed by atoms with E-state index in [-0.39, 0.29) is 17.2 Å². The summed E-state index contributed by atoms with van der Waals surface area (Å²) in [6.45, 7) is 5.74. The SMILES string of the molecule is CCNS(=O)(=O)c1ccc(CC(=O)N[C@@H](CC(C)C)C(=O)O)cc1. The highest BCUT2D eigenvalue weighted by atomic mass is 32.2. The molecule has 0 saturated carbocycles. The molecule has 134 valence electrons. The van der Waals surface area contributed by atoms with E-state index in [4.69, 9.17) is 5.11 Å². The Bertz CT molecular complexity index is 668. The number of hydrogen-bond acceptors (Lipinski definition) is 4. The van der Waals surface area contributed by atoms with Crippen LogP contribution in [0.1, 0.15) is 32.8 Å². The quantitative estimate of drug-likeness (QED) is 0.614. The molecule has 0 spiro atoms. The lowest BCUT2D eigenvalue weighted by atomic mass is 10.0. The number of rotatable bonds is 9. The Hall–Kier alpha value is -1.93. The van der Waals surface area contributed by atoms with E-state index in [0.717, 1.165) is 0 Å². The minimum atomic E-state index is -3.53. The molecule has 0 aliphatic carbocycles. The average molecular weight is 356 g/mol. The van der Waals surface area contributed by atoms with Crippen LogP contribution in [0, 0.1) is 5.92 Å². The second kappa shape index (κ2) is 8.79. The van der Waals surface area contributed by atoms with Gasteiger partial charge in [0, 0.05) is 6.54 Å². The van der Waals surface area contributed by atoms with Gasteiger partial charge in [0.05, 0.1) is 11.3 Å². The lowest BCUT2D eigenvalue weighted by molar-refractivity contribution is -0.142. The minimum absolute atomic E-state index is 0.0105. The van der Waals surface area contributed by atoms with Crippen molar-refractivity contribution in [3.63, 3.8) is 0 Å². The lowest BCUT2D eigenvalue weighted by Gasteiger charge is -2.16. The van der Waals surface area contributed by atoms with Crippen molar-refractivity contribution in [1.82, 2.24) is 10.0 Å². The standard InChI is InChI=1S/C16H24N2O5S/c1-4-17-24(22,23)13-7-5-12(6-8-13)10-15(19)18-14(16(20)21)9-11(2)3/h5-8,11,14,17H,4,9-10H2,1-3H3,(H,18,19)(H,20,21)/t14-/m0/s1. The minimum Gasteiger partial charge on any atom is -0.480 e. The number of carboxylic acid groups (broad SMARTS) is 1. The van der Waals surface area contributed by atoms with Crippen LogP contribution in [-0.4, -0.2) is 38.0 Å². The van der Waals surface area contributed by atoms with E-state index in [1.807, 2.05) is 13.8 Å². The number of benzene rings is 1. The molecule has 1 atom stereocenters. The first-order valence-electron chi connectivity index (χ1n) is 7.76. The Morgan fingerprint density at radius 3 is 2.21 bits per heavy atom. The molecule has 1 amide bonds. The van der Waals surface area contributed by atoms with Crippen LogP contribution < -0.4 is 10.0 Å². The lowest BCUT2D eigenvalue weighted by Crippen LogP contribution is -2.42. The number of amides is 1. The van der Waals surface area contributed by atoms with Crippen molar-refractivity contribution in [2.75, 3.05) is 6.54 Å². The topological polar surface area (TPSA) is 113 Å². The molecule has 0 aliphatic heterocycles. The van der Waals surface area contributed by atoms with Crippen molar-refractivity contribution >= 4 is 21.9 Å². The first-order valence-corrected chi connectivity index (χ1v) is 9.24. The van der Waals surface area contributed by atoms with E-state index in [2.05, 4.69) is 10.0 Å². The fraction of sp³-hybridized carbons (Fsp3) is 0.500. The zero-order valence-electron chi connectivity index (χ0n) is 14.1. The van der Waals surface area contributed by atoms with Gasteiger partial charge in [-0.2, -0.15) is 0 Å². The van der Waals surface area contributed by atoms with Crippen LogP contribution >= 0.6 is 0 Å². The highest BCUT2D eigenvalue weighted by Crippen LogP contribution is 2.11. The molecule has 1 aromatic carbocycles. The predicted molar refractivity (Wildman–Crippen MR) is 90.0 cm³/mol. The summed E-state index contributed by atoms with van der Waals surface area (Å²) in [4.78, 5) is 23.3. The van der Waals surface area contributed by atoms with Crippen molar-refractivity contribution in [2.24, 2.45) is 5.92 Å². The van der Waals surface area contributed by atoms with Gasteiger partial charge in [-0.1, -0.05) is 32.9 Å². The third kappa shape index (κ3) is 6.29. The Labute approximate surface area is 142 Å². The third-order valence-electron chi connectivity index (χ3n) is 3.27. The van der Waals surface area contributed by atoms with Gasteiger partial charge in [-0.25, -0.2) is 17.9 Å². The maximum Gasteiger partial charge on any atom is 0.326 e. The van der Waals surface area contributed by atoms with E-state index in [1.165, 1.54) is 12.1 Å². The van der Waals surface area contributed by atoms with Crippen LogP contribution in [0.5, 0.6) is 0 Å². The fourth-order valence-electron chi connectivity index (χ4n) is 2.18. The summed E-state index contributed by atoms with van der Waals surface area (Å²) in [7, 11) is -3.53. The van der Waals surface area contributed by atoms with Crippen molar-refractivity contribution in [1.29, 1.82) is 0 Å². The van der Waals surface area contributed by atoms with Gasteiger partial charge in [-0.15, -0.1) is 0 Å². The molecular formula is C16H24N2O5S. The molecule has 0 bridgehead atoms. The van der Waals surface area contributed by atoms with Crippen molar-refractivity contribution < 1.29 is 23.1 Å². The van der Waals surface area contributed by atoms with E-state index >= 15 is 0 Å². The van der Waals surface area contributed by atoms with E-state index in [1.54, 1.807) is 19.1 Å². The Morgan fingerprint density at radius 1 is 1.17 bits per heavy atom. The molecule has 0 radical (unpaired) electrons. The zero-order chi connectivity index (χ0) is 18.3. The number of aliphatic carboxylic acids is 1. The van der Waals surface area contributed by atoms with Gasteiger partial charge in [0.25, 0.3) is 0 Å². The summed E-state index contributed by atoms with van der Waals surface area (Å²) < 4.78 is 26.0. The Balaban J connectivity index is 2.72. The molecular weight excluding hydrogens is 332 g/mol. The number of hydrogen-bond donors (Lipinski definition) is 3. The van der Waals surface area contributed by atoms with Gasteiger partial charge in [0.2, 0.25) is 15.9 Å². The molecule has 8 heteroatoms. The smallest absolute Gasteiger partial charge is 0.326 e. The highest BCUT2D eigenvalue weighted by molar-refractivity contribution is 7.89. The monoisotopic (exact) mass is 356 g/mol.